The van der Waals surface area contributed by atoms with Crippen LogP contribution in [0, 0.1) is 17.8 Å². The molecule has 0 amide bonds. The lowest BCUT2D eigenvalue weighted by atomic mass is 9.70. The van der Waals surface area contributed by atoms with Crippen LogP contribution in [0.2, 0.25) is 0 Å². The normalized spacial score (nSPS) is 31.4. The third kappa shape index (κ3) is 7.19. The lowest BCUT2D eigenvalue weighted by Crippen LogP contribution is -2.29. The van der Waals surface area contributed by atoms with Crippen LogP contribution in [0.15, 0.2) is 12.3 Å². The number of allylic oxidation sites excluding steroid dienone is 1. The maximum absolute atomic E-state index is 5.97. The van der Waals surface area contributed by atoms with Gasteiger partial charge < -0.3 is 4.74 Å². The minimum atomic E-state index is 0.503. The standard InChI is InChI=1S/C23H42O/c1-3-5-7-8-9-11-20-14-16-21(17-15-20)22-12-10-13-23(19-22)24-18-6-4-2/h6,18,20-23H,3-5,7-17,19H2,1-2H3/t20-,21-,22-,23-/m1/s1. The molecule has 0 aromatic carbocycles. The van der Waals surface area contributed by atoms with E-state index in [0.29, 0.717) is 6.10 Å². The van der Waals surface area contributed by atoms with Crippen molar-refractivity contribution in [3.63, 3.8) is 0 Å². The van der Waals surface area contributed by atoms with E-state index < -0.39 is 0 Å². The Balaban J connectivity index is 1.61. The van der Waals surface area contributed by atoms with E-state index in [1.807, 2.05) is 6.26 Å². The summed E-state index contributed by atoms with van der Waals surface area (Å²) in [6, 6.07) is 0. The molecular formula is C23H42O. The summed E-state index contributed by atoms with van der Waals surface area (Å²) in [7, 11) is 0. The smallest absolute Gasteiger partial charge is 0.0981 e. The first-order valence-corrected chi connectivity index (χ1v) is 11.1. The lowest BCUT2D eigenvalue weighted by Gasteiger charge is -2.38. The van der Waals surface area contributed by atoms with Gasteiger partial charge in [-0.25, -0.2) is 0 Å². The van der Waals surface area contributed by atoms with E-state index in [4.69, 9.17) is 4.74 Å². The Morgan fingerprint density at radius 3 is 2.38 bits per heavy atom. The summed E-state index contributed by atoms with van der Waals surface area (Å²) in [5.41, 5.74) is 0. The summed E-state index contributed by atoms with van der Waals surface area (Å²) in [6.45, 7) is 4.48. The molecule has 2 aliphatic carbocycles. The van der Waals surface area contributed by atoms with Gasteiger partial charge in [0, 0.05) is 0 Å². The van der Waals surface area contributed by atoms with Gasteiger partial charge in [-0.3, -0.25) is 0 Å². The molecule has 2 aliphatic rings. The second-order valence-corrected chi connectivity index (χ2v) is 8.45. The third-order valence-corrected chi connectivity index (χ3v) is 6.54. The third-order valence-electron chi connectivity index (χ3n) is 6.54. The fourth-order valence-corrected chi connectivity index (χ4v) is 4.98. The van der Waals surface area contributed by atoms with Crippen molar-refractivity contribution in [2.75, 3.05) is 0 Å². The van der Waals surface area contributed by atoms with Crippen LogP contribution >= 0.6 is 0 Å². The van der Waals surface area contributed by atoms with E-state index in [1.165, 1.54) is 89.9 Å². The van der Waals surface area contributed by atoms with E-state index in [9.17, 15) is 0 Å². The van der Waals surface area contributed by atoms with E-state index in [-0.39, 0.29) is 0 Å². The van der Waals surface area contributed by atoms with Gasteiger partial charge in [-0.1, -0.05) is 71.3 Å². The molecule has 0 aliphatic heterocycles. The van der Waals surface area contributed by atoms with Crippen LogP contribution in [0.5, 0.6) is 0 Å². The zero-order valence-electron chi connectivity index (χ0n) is 16.5. The zero-order valence-corrected chi connectivity index (χ0v) is 16.5. The van der Waals surface area contributed by atoms with E-state index in [0.717, 1.165) is 24.2 Å². The summed E-state index contributed by atoms with van der Waals surface area (Å²) in [5.74, 6) is 3.00. The zero-order chi connectivity index (χ0) is 17.0. The van der Waals surface area contributed by atoms with Crippen molar-refractivity contribution in [2.45, 2.75) is 116 Å². The van der Waals surface area contributed by atoms with Crippen LogP contribution < -0.4 is 0 Å². The molecule has 2 saturated carbocycles. The van der Waals surface area contributed by atoms with Crippen LogP contribution in [-0.2, 0) is 4.74 Å². The maximum Gasteiger partial charge on any atom is 0.0981 e. The van der Waals surface area contributed by atoms with Crippen LogP contribution in [0.1, 0.15) is 110 Å². The van der Waals surface area contributed by atoms with E-state index >= 15 is 0 Å². The van der Waals surface area contributed by atoms with Gasteiger partial charge >= 0.3 is 0 Å². The molecule has 1 heteroatoms. The van der Waals surface area contributed by atoms with E-state index in [1.54, 1.807) is 0 Å². The van der Waals surface area contributed by atoms with Crippen molar-refractivity contribution >= 4 is 0 Å². The van der Waals surface area contributed by atoms with Gasteiger partial charge in [0.05, 0.1) is 12.4 Å². The molecule has 0 N–H and O–H groups in total. The molecule has 2 atom stereocenters. The molecular weight excluding hydrogens is 292 g/mol. The highest BCUT2D eigenvalue weighted by molar-refractivity contribution is 4.84. The van der Waals surface area contributed by atoms with Gasteiger partial charge in [-0.05, 0) is 62.7 Å². The Morgan fingerprint density at radius 1 is 0.833 bits per heavy atom. The Morgan fingerprint density at radius 2 is 1.62 bits per heavy atom. The molecule has 0 heterocycles. The summed E-state index contributed by atoms with van der Waals surface area (Å²) in [4.78, 5) is 0. The molecule has 0 aromatic rings. The van der Waals surface area contributed by atoms with Gasteiger partial charge in [0.2, 0.25) is 0 Å². The van der Waals surface area contributed by atoms with Crippen molar-refractivity contribution in [1.29, 1.82) is 0 Å². The average Bonchev–Trinajstić information content (AvgIpc) is 2.63. The fourth-order valence-electron chi connectivity index (χ4n) is 4.98. The number of rotatable bonds is 10. The van der Waals surface area contributed by atoms with Crippen molar-refractivity contribution in [2.24, 2.45) is 17.8 Å². The number of unbranched alkanes of at least 4 members (excludes halogenated alkanes) is 4. The van der Waals surface area contributed by atoms with Crippen molar-refractivity contribution in [1.82, 2.24) is 0 Å². The first-order chi connectivity index (χ1) is 11.8. The van der Waals surface area contributed by atoms with Crippen molar-refractivity contribution in [3.8, 4) is 0 Å². The molecule has 0 saturated heterocycles. The Kier molecular flexibility index (Phi) is 9.92. The Bertz CT molecular complexity index is 327. The maximum atomic E-state index is 5.97. The Labute approximate surface area is 151 Å². The van der Waals surface area contributed by atoms with Crippen molar-refractivity contribution < 1.29 is 4.74 Å². The SMILES string of the molecule is CCC=CO[C@@H]1CCC[C@@H]([C@H]2CC[C@H](CCCCCCC)CC2)C1. The molecule has 1 nitrogen and oxygen atoms in total. The van der Waals surface area contributed by atoms with Gasteiger partial charge in [0.25, 0.3) is 0 Å². The molecule has 0 spiro atoms. The second-order valence-electron chi connectivity index (χ2n) is 8.45. The predicted octanol–water partition coefficient (Wildman–Crippen LogP) is 7.65. The summed E-state index contributed by atoms with van der Waals surface area (Å²) >= 11 is 0. The molecule has 140 valence electrons. The van der Waals surface area contributed by atoms with Crippen LogP contribution in [0.4, 0.5) is 0 Å². The predicted molar refractivity (Wildman–Crippen MR) is 105 cm³/mol. The van der Waals surface area contributed by atoms with Crippen molar-refractivity contribution in [3.05, 3.63) is 12.3 Å². The summed E-state index contributed by atoms with van der Waals surface area (Å²) < 4.78 is 5.97. The quantitative estimate of drug-likeness (QED) is 0.294. The number of ether oxygens (including phenoxy) is 1. The molecule has 24 heavy (non-hydrogen) atoms. The first-order valence-electron chi connectivity index (χ1n) is 11.1. The van der Waals surface area contributed by atoms with Gasteiger partial charge in [0.1, 0.15) is 0 Å². The first kappa shape index (κ1) is 19.9. The number of hydrogen-bond donors (Lipinski definition) is 0. The molecule has 0 aromatic heterocycles. The summed E-state index contributed by atoms with van der Waals surface area (Å²) in [5, 5.41) is 0. The highest BCUT2D eigenvalue weighted by Crippen LogP contribution is 2.41. The molecule has 0 bridgehead atoms. The molecule has 2 rings (SSSR count). The largest absolute Gasteiger partial charge is 0.498 e. The molecule has 0 radical (unpaired) electrons. The lowest BCUT2D eigenvalue weighted by molar-refractivity contribution is 0.0510. The molecule has 2 fully saturated rings. The fraction of sp³-hybridized carbons (Fsp3) is 0.913. The van der Waals surface area contributed by atoms with Gasteiger partial charge in [0.15, 0.2) is 0 Å². The van der Waals surface area contributed by atoms with Gasteiger partial charge in [-0.2, -0.15) is 0 Å². The molecule has 0 unspecified atom stereocenters. The van der Waals surface area contributed by atoms with Crippen LogP contribution in [0.25, 0.3) is 0 Å². The monoisotopic (exact) mass is 334 g/mol. The second kappa shape index (κ2) is 12.0. The summed E-state index contributed by atoms with van der Waals surface area (Å²) in [6.07, 6.45) is 25.9. The minimum Gasteiger partial charge on any atom is -0.498 e. The van der Waals surface area contributed by atoms with E-state index in [2.05, 4.69) is 19.9 Å². The van der Waals surface area contributed by atoms with Gasteiger partial charge in [-0.15, -0.1) is 0 Å². The number of hydrogen-bond acceptors (Lipinski definition) is 1. The Hall–Kier alpha value is -0.460. The highest BCUT2D eigenvalue weighted by atomic mass is 16.5. The topological polar surface area (TPSA) is 9.23 Å². The highest BCUT2D eigenvalue weighted by Gasteiger charge is 2.31. The minimum absolute atomic E-state index is 0.503. The van der Waals surface area contributed by atoms with Crippen LogP contribution in [0.3, 0.4) is 0 Å². The average molecular weight is 335 g/mol. The van der Waals surface area contributed by atoms with Crippen LogP contribution in [-0.4, -0.2) is 6.10 Å².